The predicted molar refractivity (Wildman–Crippen MR) is 82.8 cm³/mol. The van der Waals surface area contributed by atoms with Crippen molar-refractivity contribution in [3.05, 3.63) is 30.5 Å². The highest BCUT2D eigenvalue weighted by Crippen LogP contribution is 2.14. The molecule has 5 N–H and O–H groups in total. The van der Waals surface area contributed by atoms with Crippen molar-refractivity contribution in [2.45, 2.75) is 6.42 Å². The fourth-order valence-electron chi connectivity index (χ4n) is 1.83. The van der Waals surface area contributed by atoms with Crippen LogP contribution < -0.4 is 16.0 Å². The van der Waals surface area contributed by atoms with Crippen LogP contribution in [0, 0.1) is 0 Å². The Bertz CT molecular complexity index is 492. The maximum Gasteiger partial charge on any atom is 0.328 e. The number of anilines is 2. The fourth-order valence-corrected chi connectivity index (χ4v) is 1.83. The van der Waals surface area contributed by atoms with E-state index in [4.69, 9.17) is 15.9 Å². The van der Waals surface area contributed by atoms with E-state index in [9.17, 15) is 9.59 Å². The molecule has 0 aromatic carbocycles. The summed E-state index contributed by atoms with van der Waals surface area (Å²) in [6, 6.07) is 3.89. The minimum Gasteiger partial charge on any atom is -0.478 e. The molecule has 1 aromatic rings. The Labute approximate surface area is 128 Å². The molecule has 0 aliphatic carbocycles. The molecule has 0 saturated carbocycles. The first-order valence-electron chi connectivity index (χ1n) is 6.80. The van der Waals surface area contributed by atoms with E-state index in [-0.39, 0.29) is 0 Å². The highest BCUT2D eigenvalue weighted by Gasteiger charge is 2.08. The first-order valence-corrected chi connectivity index (χ1v) is 6.80. The zero-order chi connectivity index (χ0) is 16.4. The molecule has 0 unspecified atom stereocenters. The zero-order valence-electron chi connectivity index (χ0n) is 12.1. The maximum atomic E-state index is 9.55. The number of hydrogen-bond donors (Lipinski definition) is 4. The number of aromatic nitrogens is 1. The third-order valence-electron chi connectivity index (χ3n) is 2.84. The number of carbonyl (C=O) groups is 2. The number of nitrogen functional groups attached to an aromatic ring is 1. The largest absolute Gasteiger partial charge is 0.478 e. The van der Waals surface area contributed by atoms with Crippen molar-refractivity contribution < 1.29 is 19.8 Å². The summed E-state index contributed by atoms with van der Waals surface area (Å²) in [5.74, 6) is -1.93. The molecule has 8 heteroatoms. The molecule has 1 saturated heterocycles. The molecule has 22 heavy (non-hydrogen) atoms. The molecule has 2 rings (SSSR count). The Morgan fingerprint density at radius 3 is 2.41 bits per heavy atom. The first-order chi connectivity index (χ1) is 10.5. The SMILES string of the molecule is Nc1ccc(N2CCCNCC2)cn1.O=C(O)/C=C/C(=O)O. The molecule has 1 aliphatic heterocycles. The van der Waals surface area contributed by atoms with Gasteiger partial charge in [-0.3, -0.25) is 0 Å². The molecule has 8 nitrogen and oxygen atoms in total. The number of nitrogens with zero attached hydrogens (tertiary/aromatic N) is 2. The third kappa shape index (κ3) is 7.25. The van der Waals surface area contributed by atoms with Gasteiger partial charge in [-0.05, 0) is 25.1 Å². The Hall–Kier alpha value is -2.61. The first kappa shape index (κ1) is 17.4. The number of aliphatic carboxylic acids is 2. The second-order valence-corrected chi connectivity index (χ2v) is 4.54. The van der Waals surface area contributed by atoms with Gasteiger partial charge < -0.3 is 26.2 Å². The number of carboxylic acid groups (broad SMARTS) is 2. The topological polar surface area (TPSA) is 129 Å². The quantitative estimate of drug-likeness (QED) is 0.582. The number of pyridine rings is 1. The van der Waals surface area contributed by atoms with Gasteiger partial charge in [0.1, 0.15) is 5.82 Å². The number of carboxylic acids is 2. The number of nitrogens with one attached hydrogen (secondary N) is 1. The van der Waals surface area contributed by atoms with Gasteiger partial charge in [-0.15, -0.1) is 0 Å². The molecule has 120 valence electrons. The molecule has 0 amide bonds. The average Bonchev–Trinajstić information content (AvgIpc) is 2.76. The van der Waals surface area contributed by atoms with Gasteiger partial charge in [-0.2, -0.15) is 0 Å². The van der Waals surface area contributed by atoms with Gasteiger partial charge >= 0.3 is 11.9 Å². The Balaban J connectivity index is 0.000000261. The molecule has 0 radical (unpaired) electrons. The predicted octanol–water partition coefficient (Wildman–Crippen LogP) is 0.175. The molecule has 0 bridgehead atoms. The van der Waals surface area contributed by atoms with E-state index in [1.807, 2.05) is 18.3 Å². The van der Waals surface area contributed by atoms with E-state index in [0.717, 1.165) is 26.2 Å². The molecule has 1 aromatic heterocycles. The molecule has 1 aliphatic rings. The monoisotopic (exact) mass is 308 g/mol. The summed E-state index contributed by atoms with van der Waals surface area (Å²) >= 11 is 0. The lowest BCUT2D eigenvalue weighted by Gasteiger charge is -2.21. The van der Waals surface area contributed by atoms with Crippen molar-refractivity contribution in [3.8, 4) is 0 Å². The van der Waals surface area contributed by atoms with Gasteiger partial charge in [-0.1, -0.05) is 0 Å². The normalized spacial score (nSPS) is 14.8. The van der Waals surface area contributed by atoms with Crippen molar-refractivity contribution in [3.63, 3.8) is 0 Å². The third-order valence-corrected chi connectivity index (χ3v) is 2.84. The van der Waals surface area contributed by atoms with Crippen LogP contribution in [0.25, 0.3) is 0 Å². The van der Waals surface area contributed by atoms with Crippen LogP contribution in [0.5, 0.6) is 0 Å². The van der Waals surface area contributed by atoms with Crippen molar-refractivity contribution >= 4 is 23.4 Å². The van der Waals surface area contributed by atoms with Crippen molar-refractivity contribution in [2.24, 2.45) is 0 Å². The van der Waals surface area contributed by atoms with Crippen LogP contribution in [-0.4, -0.2) is 53.3 Å². The summed E-state index contributed by atoms with van der Waals surface area (Å²) in [6.45, 7) is 4.30. The lowest BCUT2D eigenvalue weighted by atomic mass is 10.3. The van der Waals surface area contributed by atoms with Gasteiger partial charge in [0.05, 0.1) is 11.9 Å². The van der Waals surface area contributed by atoms with E-state index in [1.54, 1.807) is 0 Å². The van der Waals surface area contributed by atoms with Gasteiger partial charge in [0.15, 0.2) is 0 Å². The summed E-state index contributed by atoms with van der Waals surface area (Å²) < 4.78 is 0. The van der Waals surface area contributed by atoms with Crippen molar-refractivity contribution in [1.29, 1.82) is 0 Å². The van der Waals surface area contributed by atoms with Crippen LogP contribution in [0.4, 0.5) is 11.5 Å². The Kier molecular flexibility index (Phi) is 7.41. The highest BCUT2D eigenvalue weighted by molar-refractivity contribution is 5.89. The van der Waals surface area contributed by atoms with Crippen molar-refractivity contribution in [1.82, 2.24) is 10.3 Å². The Morgan fingerprint density at radius 2 is 1.86 bits per heavy atom. The van der Waals surface area contributed by atoms with E-state index in [1.165, 1.54) is 12.1 Å². The number of nitrogens with two attached hydrogens (primary N) is 1. The van der Waals surface area contributed by atoms with E-state index in [0.29, 0.717) is 18.0 Å². The second-order valence-electron chi connectivity index (χ2n) is 4.54. The summed E-state index contributed by atoms with van der Waals surface area (Å²) in [5.41, 5.74) is 6.71. The molecule has 2 heterocycles. The molecular weight excluding hydrogens is 288 g/mol. The van der Waals surface area contributed by atoms with Gasteiger partial charge in [0, 0.05) is 31.8 Å². The minimum absolute atomic E-state index is 0.558. The average molecular weight is 308 g/mol. The van der Waals surface area contributed by atoms with Crippen LogP contribution in [-0.2, 0) is 9.59 Å². The summed E-state index contributed by atoms with van der Waals surface area (Å²) in [6.07, 6.45) is 4.15. The van der Waals surface area contributed by atoms with Gasteiger partial charge in [-0.25, -0.2) is 14.6 Å². The molecule has 0 atom stereocenters. The van der Waals surface area contributed by atoms with Crippen LogP contribution in [0.3, 0.4) is 0 Å². The highest BCUT2D eigenvalue weighted by atomic mass is 16.4. The summed E-state index contributed by atoms with van der Waals surface area (Å²) in [4.78, 5) is 25.5. The van der Waals surface area contributed by atoms with Gasteiger partial charge in [0.2, 0.25) is 0 Å². The molecule has 1 fully saturated rings. The number of hydrogen-bond acceptors (Lipinski definition) is 6. The van der Waals surface area contributed by atoms with Crippen LogP contribution in [0.2, 0.25) is 0 Å². The van der Waals surface area contributed by atoms with Gasteiger partial charge in [0.25, 0.3) is 0 Å². The smallest absolute Gasteiger partial charge is 0.328 e. The van der Waals surface area contributed by atoms with E-state index < -0.39 is 11.9 Å². The minimum atomic E-state index is -1.26. The standard InChI is InChI=1S/C10H16N4.C4H4O4/c11-10-3-2-9(8-13-10)14-6-1-4-12-5-7-14;5-3(6)1-2-4(7)8/h2-3,8,12H,1,4-7H2,(H2,11,13);1-2H,(H,5,6)(H,7,8)/b;2-1+. The summed E-state index contributed by atoms with van der Waals surface area (Å²) in [7, 11) is 0. The molecular formula is C14H20N4O4. The fraction of sp³-hybridized carbons (Fsp3) is 0.357. The zero-order valence-corrected chi connectivity index (χ0v) is 12.1. The summed E-state index contributed by atoms with van der Waals surface area (Å²) in [5, 5.41) is 19.0. The van der Waals surface area contributed by atoms with E-state index in [2.05, 4.69) is 15.2 Å². The van der Waals surface area contributed by atoms with Crippen LogP contribution >= 0.6 is 0 Å². The van der Waals surface area contributed by atoms with Crippen LogP contribution in [0.15, 0.2) is 30.5 Å². The second kappa shape index (κ2) is 9.35. The molecule has 0 spiro atoms. The Morgan fingerprint density at radius 1 is 1.18 bits per heavy atom. The van der Waals surface area contributed by atoms with E-state index >= 15 is 0 Å². The lowest BCUT2D eigenvalue weighted by molar-refractivity contribution is -0.134. The maximum absolute atomic E-state index is 9.55. The lowest BCUT2D eigenvalue weighted by Crippen LogP contribution is -2.27. The number of rotatable bonds is 3. The van der Waals surface area contributed by atoms with Crippen LogP contribution in [0.1, 0.15) is 6.42 Å². The van der Waals surface area contributed by atoms with Crippen molar-refractivity contribution in [2.75, 3.05) is 36.8 Å².